The highest BCUT2D eigenvalue weighted by Crippen LogP contribution is 2.29. The normalized spacial score (nSPS) is 14.6. The Balaban J connectivity index is 1.94. The zero-order valence-corrected chi connectivity index (χ0v) is 12.7. The van der Waals surface area contributed by atoms with Gasteiger partial charge in [-0.3, -0.25) is 8.98 Å². The molecular weight excluding hydrogens is 298 g/mol. The summed E-state index contributed by atoms with van der Waals surface area (Å²) < 4.78 is 36.9. The average molecular weight is 315 g/mol. The van der Waals surface area contributed by atoms with Crippen molar-refractivity contribution in [2.24, 2.45) is 0 Å². The van der Waals surface area contributed by atoms with Gasteiger partial charge in [-0.1, -0.05) is 0 Å². The van der Waals surface area contributed by atoms with Crippen molar-refractivity contribution >= 4 is 16.0 Å². The monoisotopic (exact) mass is 315 g/mol. The Morgan fingerprint density at radius 2 is 2.14 bits per heavy atom. The molecule has 1 aliphatic heterocycles. The van der Waals surface area contributed by atoms with E-state index in [1.165, 1.54) is 4.90 Å². The van der Waals surface area contributed by atoms with Gasteiger partial charge in [0.1, 0.15) is 11.5 Å². The fourth-order valence-electron chi connectivity index (χ4n) is 1.93. The molecule has 2 rings (SSSR count). The van der Waals surface area contributed by atoms with E-state index < -0.39 is 10.1 Å². The van der Waals surface area contributed by atoms with Gasteiger partial charge >= 0.3 is 0 Å². The Labute approximate surface area is 123 Å². The van der Waals surface area contributed by atoms with E-state index in [0.717, 1.165) is 6.26 Å². The molecule has 0 bridgehead atoms. The van der Waals surface area contributed by atoms with Crippen molar-refractivity contribution in [1.82, 2.24) is 4.90 Å². The molecule has 0 unspecified atom stereocenters. The van der Waals surface area contributed by atoms with Crippen LogP contribution in [-0.2, 0) is 14.3 Å². The fraction of sp³-hybridized carbons (Fsp3) is 0.462. The third-order valence-electron chi connectivity index (χ3n) is 2.95. The lowest BCUT2D eigenvalue weighted by molar-refractivity contribution is 0.0509. The molecule has 1 heterocycles. The number of rotatable bonds is 6. The largest absolute Gasteiger partial charge is 0.497 e. The molecule has 8 heteroatoms. The van der Waals surface area contributed by atoms with Gasteiger partial charge in [-0.15, -0.1) is 0 Å². The Morgan fingerprint density at radius 1 is 1.38 bits per heavy atom. The lowest BCUT2D eigenvalue weighted by atomic mass is 10.1. The molecule has 0 aliphatic carbocycles. The van der Waals surface area contributed by atoms with E-state index in [1.807, 2.05) is 0 Å². The summed E-state index contributed by atoms with van der Waals surface area (Å²) in [7, 11) is -1.90. The molecule has 1 aromatic carbocycles. The van der Waals surface area contributed by atoms with Crippen molar-refractivity contribution in [2.75, 3.05) is 33.2 Å². The lowest BCUT2D eigenvalue weighted by Crippen LogP contribution is -2.39. The number of benzene rings is 1. The number of hydrogen-bond acceptors (Lipinski definition) is 6. The van der Waals surface area contributed by atoms with Gasteiger partial charge < -0.3 is 14.4 Å². The van der Waals surface area contributed by atoms with Crippen molar-refractivity contribution in [1.29, 1.82) is 0 Å². The lowest BCUT2D eigenvalue weighted by Gasteiger charge is -2.28. The first kappa shape index (κ1) is 15.6. The Bertz CT molecular complexity index is 628. The number of ether oxygens (including phenoxy) is 2. The summed E-state index contributed by atoms with van der Waals surface area (Å²) in [6, 6.07) is 5.00. The summed E-state index contributed by atoms with van der Waals surface area (Å²) >= 11 is 0. The minimum Gasteiger partial charge on any atom is -0.497 e. The van der Waals surface area contributed by atoms with Gasteiger partial charge in [0.2, 0.25) is 0 Å². The van der Waals surface area contributed by atoms with E-state index >= 15 is 0 Å². The zero-order chi connectivity index (χ0) is 15.5. The molecule has 0 atom stereocenters. The first-order valence-electron chi connectivity index (χ1n) is 6.35. The van der Waals surface area contributed by atoms with Crippen LogP contribution in [0.1, 0.15) is 16.8 Å². The van der Waals surface area contributed by atoms with Gasteiger partial charge in [-0.25, -0.2) is 0 Å². The van der Waals surface area contributed by atoms with Gasteiger partial charge in [0, 0.05) is 12.6 Å². The van der Waals surface area contributed by atoms with Crippen LogP contribution < -0.4 is 9.47 Å². The topological polar surface area (TPSA) is 82.1 Å². The van der Waals surface area contributed by atoms with Crippen molar-refractivity contribution in [2.45, 2.75) is 6.42 Å². The van der Waals surface area contributed by atoms with E-state index in [4.69, 9.17) is 9.47 Å². The summed E-state index contributed by atoms with van der Waals surface area (Å²) in [4.78, 5) is 13.8. The zero-order valence-electron chi connectivity index (χ0n) is 11.9. The maximum atomic E-state index is 12.3. The van der Waals surface area contributed by atoms with Gasteiger partial charge in [-0.2, -0.15) is 8.42 Å². The van der Waals surface area contributed by atoms with Crippen LogP contribution in [0.3, 0.4) is 0 Å². The first-order chi connectivity index (χ1) is 9.90. The van der Waals surface area contributed by atoms with Crippen molar-refractivity contribution in [3.05, 3.63) is 23.8 Å². The van der Waals surface area contributed by atoms with E-state index in [9.17, 15) is 13.2 Å². The number of carbonyl (C=O) groups excluding carboxylic acids is 1. The first-order valence-corrected chi connectivity index (χ1v) is 8.17. The molecule has 21 heavy (non-hydrogen) atoms. The number of hydrogen-bond donors (Lipinski definition) is 0. The minimum absolute atomic E-state index is 0.0398. The fourth-order valence-corrected chi connectivity index (χ4v) is 2.35. The van der Waals surface area contributed by atoms with Gasteiger partial charge in [0.25, 0.3) is 16.0 Å². The van der Waals surface area contributed by atoms with E-state index in [2.05, 4.69) is 4.18 Å². The maximum Gasteiger partial charge on any atom is 0.264 e. The van der Waals surface area contributed by atoms with E-state index in [-0.39, 0.29) is 19.2 Å². The smallest absolute Gasteiger partial charge is 0.264 e. The Morgan fingerprint density at radius 3 is 2.81 bits per heavy atom. The standard InChI is InChI=1S/C13H17NO6S/c1-18-10-4-5-11-12(8-10)19-9-14(13(11)15)6-3-7-20-21(2,16)17/h4-5,8H,3,6-7,9H2,1-2H3. The van der Waals surface area contributed by atoms with Crippen molar-refractivity contribution in [3.8, 4) is 11.5 Å². The molecule has 0 saturated carbocycles. The molecular formula is C13H17NO6S. The average Bonchev–Trinajstić information content (AvgIpc) is 2.44. The van der Waals surface area contributed by atoms with Crippen molar-refractivity contribution < 1.29 is 26.9 Å². The minimum atomic E-state index is -3.45. The molecule has 0 spiro atoms. The SMILES string of the molecule is COc1ccc2c(c1)OCN(CCCOS(C)(=O)=O)C2=O. The number of amides is 1. The van der Waals surface area contributed by atoms with Crippen LogP contribution in [0.4, 0.5) is 0 Å². The summed E-state index contributed by atoms with van der Waals surface area (Å²) in [6.45, 7) is 0.524. The number of carbonyl (C=O) groups is 1. The predicted molar refractivity (Wildman–Crippen MR) is 74.9 cm³/mol. The second-order valence-corrected chi connectivity index (χ2v) is 6.23. The highest BCUT2D eigenvalue weighted by molar-refractivity contribution is 7.85. The van der Waals surface area contributed by atoms with Gasteiger partial charge in [-0.05, 0) is 18.6 Å². The van der Waals surface area contributed by atoms with Crippen LogP contribution in [-0.4, -0.2) is 52.5 Å². The molecule has 0 aromatic heterocycles. The van der Waals surface area contributed by atoms with Crippen LogP contribution in [0.2, 0.25) is 0 Å². The molecule has 1 amide bonds. The number of methoxy groups -OCH3 is 1. The third-order valence-corrected chi connectivity index (χ3v) is 3.55. The highest BCUT2D eigenvalue weighted by atomic mass is 32.2. The second kappa shape index (κ2) is 6.31. The summed E-state index contributed by atoms with van der Waals surface area (Å²) in [6.07, 6.45) is 1.40. The predicted octanol–water partition coefficient (Wildman–Crippen LogP) is 0.854. The molecule has 1 aromatic rings. The van der Waals surface area contributed by atoms with Gasteiger partial charge in [0.15, 0.2) is 6.73 Å². The van der Waals surface area contributed by atoms with Crippen LogP contribution in [0, 0.1) is 0 Å². The molecule has 0 fully saturated rings. The van der Waals surface area contributed by atoms with E-state index in [1.54, 1.807) is 25.3 Å². The Hall–Kier alpha value is -1.80. The third kappa shape index (κ3) is 4.08. The molecule has 1 aliphatic rings. The second-order valence-electron chi connectivity index (χ2n) is 4.58. The molecule has 0 N–H and O–H groups in total. The molecule has 0 radical (unpaired) electrons. The quantitative estimate of drug-likeness (QED) is 0.572. The van der Waals surface area contributed by atoms with Crippen LogP contribution in [0.25, 0.3) is 0 Å². The summed E-state index contributed by atoms with van der Waals surface area (Å²) in [5.74, 6) is 0.956. The summed E-state index contributed by atoms with van der Waals surface area (Å²) in [5.41, 5.74) is 0.464. The summed E-state index contributed by atoms with van der Waals surface area (Å²) in [5, 5.41) is 0. The van der Waals surface area contributed by atoms with Crippen LogP contribution >= 0.6 is 0 Å². The van der Waals surface area contributed by atoms with E-state index in [0.29, 0.717) is 30.0 Å². The van der Waals surface area contributed by atoms with Crippen molar-refractivity contribution in [3.63, 3.8) is 0 Å². The maximum absolute atomic E-state index is 12.3. The molecule has 0 saturated heterocycles. The van der Waals surface area contributed by atoms with Crippen LogP contribution in [0.15, 0.2) is 18.2 Å². The number of nitrogens with zero attached hydrogens (tertiary/aromatic N) is 1. The highest BCUT2D eigenvalue weighted by Gasteiger charge is 2.25. The van der Waals surface area contributed by atoms with Gasteiger partial charge in [0.05, 0.1) is 25.5 Å². The van der Waals surface area contributed by atoms with Crippen LogP contribution in [0.5, 0.6) is 11.5 Å². The number of fused-ring (bicyclic) bond motifs is 1. The molecule has 116 valence electrons. The Kier molecular flexibility index (Phi) is 4.69. The molecule has 7 nitrogen and oxygen atoms in total.